The lowest BCUT2D eigenvalue weighted by atomic mass is 10.0. The highest BCUT2D eigenvalue weighted by atomic mass is 32.2. The molecule has 1 heterocycles. The first-order valence-corrected chi connectivity index (χ1v) is 8.00. The Morgan fingerprint density at radius 2 is 2.17 bits per heavy atom. The third-order valence-electron chi connectivity index (χ3n) is 3.38. The van der Waals surface area contributed by atoms with E-state index in [1.807, 2.05) is 0 Å². The van der Waals surface area contributed by atoms with Gasteiger partial charge in [0, 0.05) is 30.6 Å². The molecule has 0 bridgehead atoms. The third kappa shape index (κ3) is 3.66. The summed E-state index contributed by atoms with van der Waals surface area (Å²) in [5.74, 6) is 2.55. The van der Waals surface area contributed by atoms with Crippen LogP contribution in [-0.4, -0.2) is 30.6 Å². The highest BCUT2D eigenvalue weighted by molar-refractivity contribution is 7.99. The van der Waals surface area contributed by atoms with E-state index in [0.29, 0.717) is 0 Å². The molecule has 1 unspecified atom stereocenters. The van der Waals surface area contributed by atoms with Crippen LogP contribution in [0.1, 0.15) is 24.5 Å². The topological polar surface area (TPSA) is 29.3 Å². The molecule has 0 amide bonds. The van der Waals surface area contributed by atoms with Gasteiger partial charge in [0.15, 0.2) is 0 Å². The molecule has 2 nitrogen and oxygen atoms in total. The Labute approximate surface area is 115 Å². The van der Waals surface area contributed by atoms with E-state index in [0.717, 1.165) is 6.42 Å². The number of anilines is 1. The molecule has 1 fully saturated rings. The third-order valence-corrected chi connectivity index (χ3v) is 4.43. The Morgan fingerprint density at radius 3 is 2.89 bits per heavy atom. The smallest absolute Gasteiger partial charge is 0.0396 e. The molecule has 0 saturated carbocycles. The summed E-state index contributed by atoms with van der Waals surface area (Å²) in [7, 11) is 0. The molecule has 1 aromatic carbocycles. The average Bonchev–Trinajstić information content (AvgIpc) is 2.57. The molecule has 2 rings (SSSR count). The summed E-state index contributed by atoms with van der Waals surface area (Å²) in [4.78, 5) is 2.53. The first-order valence-electron chi connectivity index (χ1n) is 6.84. The highest BCUT2D eigenvalue weighted by Crippen LogP contribution is 2.24. The molecule has 1 atom stereocenters. The molecule has 18 heavy (non-hydrogen) atoms. The second kappa shape index (κ2) is 6.48. The summed E-state index contributed by atoms with van der Waals surface area (Å²) in [6.07, 6.45) is 2.27. The van der Waals surface area contributed by atoms with E-state index >= 15 is 0 Å². The summed E-state index contributed by atoms with van der Waals surface area (Å²) in [5.41, 5.74) is 10.0. The SMILES string of the molecule is Cc1cc(CC(C)N)ccc1N1CCCSCC1. The normalized spacial score (nSPS) is 18.5. The summed E-state index contributed by atoms with van der Waals surface area (Å²) in [6, 6.07) is 7.06. The van der Waals surface area contributed by atoms with Gasteiger partial charge < -0.3 is 10.6 Å². The number of hydrogen-bond donors (Lipinski definition) is 1. The van der Waals surface area contributed by atoms with E-state index in [2.05, 4.69) is 48.7 Å². The van der Waals surface area contributed by atoms with Crippen molar-refractivity contribution in [2.45, 2.75) is 32.7 Å². The number of nitrogens with two attached hydrogens (primary N) is 1. The minimum atomic E-state index is 0.241. The first-order chi connectivity index (χ1) is 8.66. The zero-order valence-electron chi connectivity index (χ0n) is 11.5. The van der Waals surface area contributed by atoms with Crippen LogP contribution < -0.4 is 10.6 Å². The van der Waals surface area contributed by atoms with Gasteiger partial charge >= 0.3 is 0 Å². The van der Waals surface area contributed by atoms with Crippen molar-refractivity contribution in [3.05, 3.63) is 29.3 Å². The van der Waals surface area contributed by atoms with E-state index in [4.69, 9.17) is 5.73 Å². The van der Waals surface area contributed by atoms with E-state index in [1.165, 1.54) is 47.8 Å². The lowest BCUT2D eigenvalue weighted by Crippen LogP contribution is -2.26. The molecule has 0 spiro atoms. The number of hydrogen-bond acceptors (Lipinski definition) is 3. The molecular weight excluding hydrogens is 240 g/mol. The van der Waals surface area contributed by atoms with Gasteiger partial charge in [0.25, 0.3) is 0 Å². The van der Waals surface area contributed by atoms with Crippen molar-refractivity contribution in [3.8, 4) is 0 Å². The van der Waals surface area contributed by atoms with Crippen molar-refractivity contribution in [1.29, 1.82) is 0 Å². The number of thioether (sulfide) groups is 1. The molecule has 1 saturated heterocycles. The molecule has 100 valence electrons. The second-order valence-corrected chi connectivity index (χ2v) is 6.48. The predicted molar refractivity (Wildman–Crippen MR) is 82.7 cm³/mol. The minimum Gasteiger partial charge on any atom is -0.370 e. The molecular formula is C15H24N2S. The van der Waals surface area contributed by atoms with Crippen molar-refractivity contribution in [1.82, 2.24) is 0 Å². The van der Waals surface area contributed by atoms with Gasteiger partial charge in [-0.25, -0.2) is 0 Å². The van der Waals surface area contributed by atoms with Crippen molar-refractivity contribution in [2.24, 2.45) is 5.73 Å². The summed E-state index contributed by atoms with van der Waals surface area (Å²) in [6.45, 7) is 6.66. The van der Waals surface area contributed by atoms with Crippen LogP contribution >= 0.6 is 11.8 Å². The van der Waals surface area contributed by atoms with Gasteiger partial charge in [0.1, 0.15) is 0 Å². The van der Waals surface area contributed by atoms with Crippen molar-refractivity contribution >= 4 is 17.4 Å². The van der Waals surface area contributed by atoms with Crippen LogP contribution in [0.25, 0.3) is 0 Å². The van der Waals surface area contributed by atoms with Crippen LogP contribution in [0, 0.1) is 6.92 Å². The maximum atomic E-state index is 5.86. The number of rotatable bonds is 3. The van der Waals surface area contributed by atoms with Crippen LogP contribution in [0.4, 0.5) is 5.69 Å². The van der Waals surface area contributed by atoms with E-state index in [1.54, 1.807) is 0 Å². The van der Waals surface area contributed by atoms with Crippen molar-refractivity contribution < 1.29 is 0 Å². The number of benzene rings is 1. The summed E-state index contributed by atoms with van der Waals surface area (Å²) in [5, 5.41) is 0. The molecule has 0 aliphatic carbocycles. The molecule has 3 heteroatoms. The van der Waals surface area contributed by atoms with Crippen LogP contribution in [0.2, 0.25) is 0 Å². The molecule has 0 radical (unpaired) electrons. The number of aryl methyl sites for hydroxylation is 1. The van der Waals surface area contributed by atoms with Gasteiger partial charge in [-0.1, -0.05) is 12.1 Å². The van der Waals surface area contributed by atoms with Gasteiger partial charge in [-0.3, -0.25) is 0 Å². The Kier molecular flexibility index (Phi) is 4.95. The summed E-state index contributed by atoms with van der Waals surface area (Å²) >= 11 is 2.07. The lowest BCUT2D eigenvalue weighted by molar-refractivity contribution is 0.737. The van der Waals surface area contributed by atoms with Gasteiger partial charge in [0.2, 0.25) is 0 Å². The predicted octanol–water partition coefficient (Wildman–Crippen LogP) is 2.83. The zero-order valence-corrected chi connectivity index (χ0v) is 12.3. The van der Waals surface area contributed by atoms with E-state index in [9.17, 15) is 0 Å². The average molecular weight is 264 g/mol. The van der Waals surface area contributed by atoms with Gasteiger partial charge in [-0.2, -0.15) is 11.8 Å². The maximum absolute atomic E-state index is 5.86. The zero-order chi connectivity index (χ0) is 13.0. The Bertz CT molecular complexity index is 382. The molecule has 2 N–H and O–H groups in total. The molecule has 1 aromatic rings. The van der Waals surface area contributed by atoms with E-state index in [-0.39, 0.29) is 6.04 Å². The molecule has 0 aromatic heterocycles. The van der Waals surface area contributed by atoms with E-state index < -0.39 is 0 Å². The fourth-order valence-corrected chi connectivity index (χ4v) is 3.44. The second-order valence-electron chi connectivity index (χ2n) is 5.26. The Balaban J connectivity index is 2.12. The first kappa shape index (κ1) is 13.8. The fraction of sp³-hybridized carbons (Fsp3) is 0.600. The van der Waals surface area contributed by atoms with Crippen molar-refractivity contribution in [3.63, 3.8) is 0 Å². The maximum Gasteiger partial charge on any atom is 0.0396 e. The van der Waals surface area contributed by atoms with Crippen LogP contribution in [0.3, 0.4) is 0 Å². The summed E-state index contributed by atoms with van der Waals surface area (Å²) < 4.78 is 0. The Morgan fingerprint density at radius 1 is 1.33 bits per heavy atom. The van der Waals surface area contributed by atoms with Gasteiger partial charge in [0.05, 0.1) is 0 Å². The lowest BCUT2D eigenvalue weighted by Gasteiger charge is -2.25. The quantitative estimate of drug-likeness (QED) is 0.910. The van der Waals surface area contributed by atoms with Crippen molar-refractivity contribution in [2.75, 3.05) is 29.5 Å². The molecule has 1 aliphatic heterocycles. The minimum absolute atomic E-state index is 0.241. The fourth-order valence-electron chi connectivity index (χ4n) is 2.56. The largest absolute Gasteiger partial charge is 0.370 e. The monoisotopic (exact) mass is 264 g/mol. The number of nitrogens with zero attached hydrogens (tertiary/aromatic N) is 1. The van der Waals surface area contributed by atoms with Crippen LogP contribution in [0.5, 0.6) is 0 Å². The molecule has 1 aliphatic rings. The standard InChI is InChI=1S/C15H24N2S/c1-12-10-14(11-13(2)16)4-5-15(12)17-6-3-8-18-9-7-17/h4-5,10,13H,3,6-9,11,16H2,1-2H3. The van der Waals surface area contributed by atoms with Crippen LogP contribution in [0.15, 0.2) is 18.2 Å². The highest BCUT2D eigenvalue weighted by Gasteiger charge is 2.12. The van der Waals surface area contributed by atoms with Gasteiger partial charge in [-0.15, -0.1) is 0 Å². The Hall–Kier alpha value is -0.670. The van der Waals surface area contributed by atoms with Gasteiger partial charge in [-0.05, 0) is 49.6 Å². The van der Waals surface area contributed by atoms with Crippen LogP contribution in [-0.2, 0) is 6.42 Å².